The lowest BCUT2D eigenvalue weighted by Gasteiger charge is -2.05. The van der Waals surface area contributed by atoms with Gasteiger partial charge in [0.1, 0.15) is 17.0 Å². The first kappa shape index (κ1) is 14.2. The standard InChI is InChI=1S/C13H15ClN6S/c1-3-8-6-9-11(17-13(14)18-12(9)21-8)15-5-4-10-16-7-20(2)19-10/h6-7H,3-5H2,1-2H3,(H,15,17,18). The zero-order chi connectivity index (χ0) is 14.8. The summed E-state index contributed by atoms with van der Waals surface area (Å²) < 4.78 is 1.70. The molecule has 6 nitrogen and oxygen atoms in total. The van der Waals surface area contributed by atoms with Crippen LogP contribution in [-0.2, 0) is 19.9 Å². The highest BCUT2D eigenvalue weighted by Gasteiger charge is 2.10. The van der Waals surface area contributed by atoms with E-state index in [2.05, 4.69) is 38.4 Å². The van der Waals surface area contributed by atoms with Gasteiger partial charge < -0.3 is 5.32 Å². The zero-order valence-electron chi connectivity index (χ0n) is 11.8. The van der Waals surface area contributed by atoms with E-state index in [0.29, 0.717) is 6.54 Å². The fourth-order valence-corrected chi connectivity index (χ4v) is 3.23. The number of rotatable bonds is 5. The maximum atomic E-state index is 5.99. The molecule has 0 aliphatic carbocycles. The second kappa shape index (κ2) is 5.95. The molecule has 0 radical (unpaired) electrons. The number of hydrogen-bond donors (Lipinski definition) is 1. The van der Waals surface area contributed by atoms with Crippen molar-refractivity contribution in [2.75, 3.05) is 11.9 Å². The first-order valence-corrected chi connectivity index (χ1v) is 7.89. The van der Waals surface area contributed by atoms with E-state index in [0.717, 1.165) is 34.7 Å². The Morgan fingerprint density at radius 3 is 2.95 bits per heavy atom. The smallest absolute Gasteiger partial charge is 0.225 e. The van der Waals surface area contributed by atoms with Crippen LogP contribution in [0, 0.1) is 0 Å². The molecule has 3 aromatic rings. The summed E-state index contributed by atoms with van der Waals surface area (Å²) in [6, 6.07) is 2.12. The SMILES string of the molecule is CCc1cc2c(NCCc3ncn(C)n3)nc(Cl)nc2s1. The minimum absolute atomic E-state index is 0.269. The molecule has 3 heterocycles. The Balaban J connectivity index is 1.77. The minimum atomic E-state index is 0.269. The van der Waals surface area contributed by atoms with Crippen molar-refractivity contribution in [3.8, 4) is 0 Å². The molecular formula is C13H15ClN6S. The van der Waals surface area contributed by atoms with Crippen LogP contribution in [0.15, 0.2) is 12.4 Å². The third-order valence-corrected chi connectivity index (χ3v) is 4.40. The highest BCUT2D eigenvalue weighted by Crippen LogP contribution is 2.30. The Morgan fingerprint density at radius 1 is 1.38 bits per heavy atom. The molecule has 0 spiro atoms. The van der Waals surface area contributed by atoms with Crippen molar-refractivity contribution >= 4 is 39.0 Å². The Labute approximate surface area is 131 Å². The lowest BCUT2D eigenvalue weighted by atomic mass is 10.3. The molecule has 8 heteroatoms. The molecule has 0 bridgehead atoms. The number of nitrogens with zero attached hydrogens (tertiary/aromatic N) is 5. The van der Waals surface area contributed by atoms with Gasteiger partial charge in [0.25, 0.3) is 0 Å². The number of hydrogen-bond acceptors (Lipinski definition) is 6. The molecule has 0 saturated carbocycles. The van der Waals surface area contributed by atoms with Crippen molar-refractivity contribution in [3.05, 3.63) is 28.4 Å². The van der Waals surface area contributed by atoms with Crippen molar-refractivity contribution < 1.29 is 0 Å². The van der Waals surface area contributed by atoms with Crippen LogP contribution in [0.3, 0.4) is 0 Å². The van der Waals surface area contributed by atoms with Crippen LogP contribution in [0.4, 0.5) is 5.82 Å². The molecule has 0 unspecified atom stereocenters. The van der Waals surface area contributed by atoms with Crippen LogP contribution in [0.25, 0.3) is 10.2 Å². The zero-order valence-corrected chi connectivity index (χ0v) is 13.4. The predicted molar refractivity (Wildman–Crippen MR) is 85.0 cm³/mol. The molecule has 1 N–H and O–H groups in total. The summed E-state index contributed by atoms with van der Waals surface area (Å²) in [7, 11) is 1.86. The van der Waals surface area contributed by atoms with E-state index in [9.17, 15) is 0 Å². The monoisotopic (exact) mass is 322 g/mol. The molecule has 3 aromatic heterocycles. The normalized spacial score (nSPS) is 11.2. The Kier molecular flexibility index (Phi) is 4.03. The van der Waals surface area contributed by atoms with E-state index in [1.807, 2.05) is 7.05 Å². The molecule has 0 saturated heterocycles. The van der Waals surface area contributed by atoms with Gasteiger partial charge in [0.2, 0.25) is 5.28 Å². The van der Waals surface area contributed by atoms with Gasteiger partial charge in [-0.3, -0.25) is 4.68 Å². The van der Waals surface area contributed by atoms with Crippen LogP contribution in [0.2, 0.25) is 5.28 Å². The summed E-state index contributed by atoms with van der Waals surface area (Å²) in [6.45, 7) is 2.82. The van der Waals surface area contributed by atoms with E-state index in [-0.39, 0.29) is 5.28 Å². The van der Waals surface area contributed by atoms with Gasteiger partial charge in [-0.25, -0.2) is 15.0 Å². The summed E-state index contributed by atoms with van der Waals surface area (Å²) in [4.78, 5) is 15.0. The van der Waals surface area contributed by atoms with Crippen molar-refractivity contribution in [1.29, 1.82) is 0 Å². The third-order valence-electron chi connectivity index (χ3n) is 3.05. The van der Waals surface area contributed by atoms with E-state index >= 15 is 0 Å². The third kappa shape index (κ3) is 3.14. The maximum absolute atomic E-state index is 5.99. The number of aromatic nitrogens is 5. The van der Waals surface area contributed by atoms with E-state index in [1.54, 1.807) is 22.3 Å². The van der Waals surface area contributed by atoms with Crippen LogP contribution in [0.1, 0.15) is 17.6 Å². The minimum Gasteiger partial charge on any atom is -0.369 e. The molecule has 0 aliphatic rings. The topological polar surface area (TPSA) is 68.5 Å². The number of thiophene rings is 1. The molecule has 21 heavy (non-hydrogen) atoms. The average Bonchev–Trinajstić information content (AvgIpc) is 3.04. The molecule has 0 atom stereocenters. The maximum Gasteiger partial charge on any atom is 0.225 e. The first-order chi connectivity index (χ1) is 10.2. The number of aryl methyl sites for hydroxylation is 2. The van der Waals surface area contributed by atoms with Crippen LogP contribution < -0.4 is 5.32 Å². The van der Waals surface area contributed by atoms with E-state index < -0.39 is 0 Å². The molecule has 0 aliphatic heterocycles. The lowest BCUT2D eigenvalue weighted by molar-refractivity contribution is 0.742. The number of halogens is 1. The Hall–Kier alpha value is -1.73. The van der Waals surface area contributed by atoms with Gasteiger partial charge in [-0.1, -0.05) is 6.92 Å². The average molecular weight is 323 g/mol. The Bertz CT molecular complexity index is 765. The number of anilines is 1. The highest BCUT2D eigenvalue weighted by atomic mass is 35.5. The molecule has 110 valence electrons. The largest absolute Gasteiger partial charge is 0.369 e. The molecule has 0 amide bonds. The quantitative estimate of drug-likeness (QED) is 0.731. The highest BCUT2D eigenvalue weighted by molar-refractivity contribution is 7.18. The summed E-state index contributed by atoms with van der Waals surface area (Å²) in [5.74, 6) is 1.58. The predicted octanol–water partition coefficient (Wildman–Crippen LogP) is 2.69. The van der Waals surface area contributed by atoms with Gasteiger partial charge in [-0.2, -0.15) is 5.10 Å². The Morgan fingerprint density at radius 2 is 2.24 bits per heavy atom. The van der Waals surface area contributed by atoms with Gasteiger partial charge in [-0.15, -0.1) is 11.3 Å². The van der Waals surface area contributed by atoms with Crippen LogP contribution in [-0.4, -0.2) is 31.3 Å². The van der Waals surface area contributed by atoms with Crippen molar-refractivity contribution in [2.45, 2.75) is 19.8 Å². The second-order valence-corrected chi connectivity index (χ2v) is 6.09. The fraction of sp³-hybridized carbons (Fsp3) is 0.385. The van der Waals surface area contributed by atoms with Gasteiger partial charge in [0.15, 0.2) is 5.82 Å². The first-order valence-electron chi connectivity index (χ1n) is 6.70. The number of fused-ring (bicyclic) bond motifs is 1. The van der Waals surface area contributed by atoms with Crippen molar-refractivity contribution in [1.82, 2.24) is 24.7 Å². The number of nitrogens with one attached hydrogen (secondary N) is 1. The van der Waals surface area contributed by atoms with E-state index in [4.69, 9.17) is 11.6 Å². The molecule has 0 fully saturated rings. The molecular weight excluding hydrogens is 308 g/mol. The van der Waals surface area contributed by atoms with Crippen molar-refractivity contribution in [2.24, 2.45) is 7.05 Å². The van der Waals surface area contributed by atoms with E-state index in [1.165, 1.54) is 4.88 Å². The van der Waals surface area contributed by atoms with Crippen LogP contribution in [0.5, 0.6) is 0 Å². The summed E-state index contributed by atoms with van der Waals surface area (Å²) in [5, 5.41) is 8.85. The molecule has 3 rings (SSSR count). The second-order valence-electron chi connectivity index (χ2n) is 4.64. The van der Waals surface area contributed by atoms with Crippen LogP contribution >= 0.6 is 22.9 Å². The fourth-order valence-electron chi connectivity index (χ4n) is 2.05. The van der Waals surface area contributed by atoms with Gasteiger partial charge >= 0.3 is 0 Å². The van der Waals surface area contributed by atoms with Crippen molar-refractivity contribution in [3.63, 3.8) is 0 Å². The summed E-state index contributed by atoms with van der Waals surface area (Å²) in [6.07, 6.45) is 3.41. The van der Waals surface area contributed by atoms with Gasteiger partial charge in [0.05, 0.1) is 5.39 Å². The van der Waals surface area contributed by atoms with Gasteiger partial charge in [-0.05, 0) is 24.1 Å². The summed E-state index contributed by atoms with van der Waals surface area (Å²) in [5.41, 5.74) is 0. The molecule has 0 aromatic carbocycles. The van der Waals surface area contributed by atoms with Gasteiger partial charge in [0, 0.05) is 24.9 Å². The summed E-state index contributed by atoms with van der Waals surface area (Å²) >= 11 is 7.65. The lowest BCUT2D eigenvalue weighted by Crippen LogP contribution is -2.08.